The minimum absolute atomic E-state index is 0.0148. The van der Waals surface area contributed by atoms with Gasteiger partial charge in [-0.2, -0.15) is 0 Å². The molecule has 0 saturated heterocycles. The van der Waals surface area contributed by atoms with Gasteiger partial charge in [-0.25, -0.2) is 23.4 Å². The maximum Gasteiger partial charge on any atom is 0.226 e. The van der Waals surface area contributed by atoms with Crippen LogP contribution in [0.5, 0.6) is 0 Å². The Kier molecular flexibility index (Phi) is 4.55. The summed E-state index contributed by atoms with van der Waals surface area (Å²) in [6, 6.07) is 4.40. The lowest BCUT2D eigenvalue weighted by molar-refractivity contribution is 0.597. The average Bonchev–Trinajstić information content (AvgIpc) is 2.99. The van der Waals surface area contributed by atoms with E-state index in [1.165, 1.54) is 30.9 Å². The van der Waals surface area contributed by atoms with Crippen LogP contribution in [0.2, 0.25) is 5.02 Å². The largest absolute Gasteiger partial charge is 0.340 e. The van der Waals surface area contributed by atoms with Gasteiger partial charge >= 0.3 is 0 Å². The highest BCUT2D eigenvalue weighted by Gasteiger charge is 2.25. The number of tetrazole rings is 1. The van der Waals surface area contributed by atoms with Gasteiger partial charge in [0.15, 0.2) is 9.84 Å². The van der Waals surface area contributed by atoms with Crippen molar-refractivity contribution in [1.29, 1.82) is 0 Å². The van der Waals surface area contributed by atoms with Crippen molar-refractivity contribution < 1.29 is 8.42 Å². The fraction of sp³-hybridized carbons (Fsp3) is 0.0909. The summed E-state index contributed by atoms with van der Waals surface area (Å²) in [5, 5.41) is 13.3. The lowest BCUT2D eigenvalue weighted by Gasteiger charge is -2.11. The third-order valence-corrected chi connectivity index (χ3v) is 4.96. The number of hydrogen-bond donors (Lipinski definition) is 1. The van der Waals surface area contributed by atoms with Gasteiger partial charge in [-0.05, 0) is 22.6 Å². The van der Waals surface area contributed by atoms with Crippen LogP contribution in [0.4, 0.5) is 5.95 Å². The third kappa shape index (κ3) is 3.27. The zero-order chi connectivity index (χ0) is 17.2. The standard InChI is InChI=1S/C11H8Cl2N8O2S/c12-7-2-1-3-8(9(7)10-18-19-20-21(10)13)24(22,23)6-17-11-15-4-14-5-16-11/h1-5H,6H2,(H,14,15,16,17). The normalized spacial score (nSPS) is 11.4. The molecule has 13 heteroatoms. The Labute approximate surface area is 145 Å². The van der Waals surface area contributed by atoms with Gasteiger partial charge in [0, 0.05) is 11.8 Å². The molecule has 1 aromatic carbocycles. The first kappa shape index (κ1) is 16.5. The smallest absolute Gasteiger partial charge is 0.226 e. The Morgan fingerprint density at radius 3 is 2.62 bits per heavy atom. The van der Waals surface area contributed by atoms with Crippen molar-refractivity contribution in [2.75, 3.05) is 11.2 Å². The second-order valence-electron chi connectivity index (χ2n) is 4.37. The lowest BCUT2D eigenvalue weighted by atomic mass is 10.2. The van der Waals surface area contributed by atoms with Crippen molar-refractivity contribution in [2.45, 2.75) is 4.90 Å². The average molecular weight is 387 g/mol. The van der Waals surface area contributed by atoms with E-state index >= 15 is 0 Å². The molecule has 0 aliphatic heterocycles. The molecule has 0 radical (unpaired) electrons. The van der Waals surface area contributed by atoms with Crippen molar-refractivity contribution in [2.24, 2.45) is 0 Å². The fourth-order valence-electron chi connectivity index (χ4n) is 1.87. The van der Waals surface area contributed by atoms with Crippen LogP contribution in [0.25, 0.3) is 11.4 Å². The molecule has 124 valence electrons. The second kappa shape index (κ2) is 6.63. The molecule has 0 amide bonds. The highest BCUT2D eigenvalue weighted by Crippen LogP contribution is 2.33. The Bertz CT molecular complexity index is 963. The predicted octanol–water partition coefficient (Wildman–Crippen LogP) is 1.02. The summed E-state index contributed by atoms with van der Waals surface area (Å²) >= 11 is 12.0. The molecular formula is C11H8Cl2N8O2S. The number of hydrogen-bond acceptors (Lipinski definition) is 9. The maximum atomic E-state index is 12.7. The first-order valence-electron chi connectivity index (χ1n) is 6.31. The Hall–Kier alpha value is -2.37. The van der Waals surface area contributed by atoms with Crippen LogP contribution >= 0.6 is 23.4 Å². The summed E-state index contributed by atoms with van der Waals surface area (Å²) in [6.45, 7) is 0. The third-order valence-electron chi connectivity index (χ3n) is 2.88. The Morgan fingerprint density at radius 1 is 1.21 bits per heavy atom. The van der Waals surface area contributed by atoms with Crippen molar-refractivity contribution in [3.63, 3.8) is 0 Å². The van der Waals surface area contributed by atoms with Crippen LogP contribution in [0.15, 0.2) is 35.7 Å². The number of rotatable bonds is 5. The summed E-state index contributed by atoms with van der Waals surface area (Å²) in [5.41, 5.74) is 0.108. The van der Waals surface area contributed by atoms with Crippen LogP contribution in [0.3, 0.4) is 0 Å². The number of nitrogens with one attached hydrogen (secondary N) is 1. The van der Waals surface area contributed by atoms with Gasteiger partial charge in [0.1, 0.15) is 18.5 Å². The molecule has 0 fully saturated rings. The molecule has 0 spiro atoms. The molecule has 0 bridgehead atoms. The van der Waals surface area contributed by atoms with E-state index < -0.39 is 15.7 Å². The molecule has 3 aromatic rings. The molecule has 3 rings (SSSR count). The molecule has 0 aliphatic rings. The van der Waals surface area contributed by atoms with Crippen molar-refractivity contribution in [3.8, 4) is 11.4 Å². The van der Waals surface area contributed by atoms with Gasteiger partial charge in [0.05, 0.1) is 15.5 Å². The summed E-state index contributed by atoms with van der Waals surface area (Å²) in [7, 11) is -3.82. The molecule has 2 aromatic heterocycles. The quantitative estimate of drug-likeness (QED) is 0.682. The minimum Gasteiger partial charge on any atom is -0.340 e. The summed E-state index contributed by atoms with van der Waals surface area (Å²) in [6.07, 6.45) is 2.49. The molecule has 24 heavy (non-hydrogen) atoms. The van der Waals surface area contributed by atoms with E-state index in [-0.39, 0.29) is 27.3 Å². The van der Waals surface area contributed by atoms with Crippen molar-refractivity contribution in [1.82, 2.24) is 34.7 Å². The summed E-state index contributed by atoms with van der Waals surface area (Å²) in [5.74, 6) is -0.325. The van der Waals surface area contributed by atoms with E-state index in [0.717, 1.165) is 4.20 Å². The molecule has 0 saturated carbocycles. The van der Waals surface area contributed by atoms with Crippen LogP contribution in [-0.2, 0) is 9.84 Å². The number of anilines is 1. The van der Waals surface area contributed by atoms with E-state index in [9.17, 15) is 8.42 Å². The zero-order valence-corrected chi connectivity index (χ0v) is 14.0. The van der Waals surface area contributed by atoms with Crippen LogP contribution in [0, 0.1) is 0 Å². The number of halogens is 2. The number of nitrogens with zero attached hydrogens (tertiary/aromatic N) is 7. The topological polar surface area (TPSA) is 128 Å². The molecule has 0 aliphatic carbocycles. The van der Waals surface area contributed by atoms with E-state index in [1.54, 1.807) is 0 Å². The van der Waals surface area contributed by atoms with E-state index in [4.69, 9.17) is 23.4 Å². The summed E-state index contributed by atoms with van der Waals surface area (Å²) in [4.78, 5) is 11.2. The van der Waals surface area contributed by atoms with E-state index in [0.29, 0.717) is 0 Å². The van der Waals surface area contributed by atoms with Crippen molar-refractivity contribution >= 4 is 39.2 Å². The highest BCUT2D eigenvalue weighted by atomic mass is 35.5. The van der Waals surface area contributed by atoms with Crippen LogP contribution in [-0.4, -0.2) is 49.0 Å². The Morgan fingerprint density at radius 2 is 1.96 bits per heavy atom. The molecule has 2 heterocycles. The highest BCUT2D eigenvalue weighted by molar-refractivity contribution is 7.91. The lowest BCUT2D eigenvalue weighted by Crippen LogP contribution is -2.17. The van der Waals surface area contributed by atoms with Crippen LogP contribution < -0.4 is 5.32 Å². The van der Waals surface area contributed by atoms with Crippen molar-refractivity contribution in [3.05, 3.63) is 35.9 Å². The van der Waals surface area contributed by atoms with E-state index in [1.807, 2.05) is 0 Å². The molecule has 1 N–H and O–H groups in total. The van der Waals surface area contributed by atoms with Gasteiger partial charge in [-0.15, -0.1) is 9.30 Å². The molecule has 0 unspecified atom stereocenters. The Balaban J connectivity index is 2.00. The summed E-state index contributed by atoms with van der Waals surface area (Å²) < 4.78 is 26.2. The van der Waals surface area contributed by atoms with E-state index in [2.05, 4.69) is 35.8 Å². The molecule has 10 nitrogen and oxygen atoms in total. The first-order chi connectivity index (χ1) is 11.5. The van der Waals surface area contributed by atoms with Gasteiger partial charge in [0.25, 0.3) is 0 Å². The fourth-order valence-corrected chi connectivity index (χ4v) is 3.60. The monoisotopic (exact) mass is 386 g/mol. The molecule has 0 atom stereocenters. The minimum atomic E-state index is -3.82. The maximum absolute atomic E-state index is 12.7. The zero-order valence-electron chi connectivity index (χ0n) is 11.7. The second-order valence-corrected chi connectivity index (χ2v) is 7.06. The van der Waals surface area contributed by atoms with Gasteiger partial charge in [-0.3, -0.25) is 0 Å². The van der Waals surface area contributed by atoms with Gasteiger partial charge in [-0.1, -0.05) is 17.7 Å². The first-order valence-corrected chi connectivity index (χ1v) is 8.68. The predicted molar refractivity (Wildman–Crippen MR) is 85.0 cm³/mol. The molecular weight excluding hydrogens is 379 g/mol. The van der Waals surface area contributed by atoms with Crippen LogP contribution in [0.1, 0.15) is 0 Å². The number of sulfone groups is 1. The van der Waals surface area contributed by atoms with Gasteiger partial charge < -0.3 is 5.32 Å². The number of benzene rings is 1. The SMILES string of the molecule is O=S(=O)(CNc1ncncn1)c1cccc(Cl)c1-c1nnnn1Cl. The van der Waals surface area contributed by atoms with Gasteiger partial charge in [0.2, 0.25) is 11.8 Å². The number of aromatic nitrogens is 7.